The molecule has 4 rings (SSSR count). The Bertz CT molecular complexity index is 991. The van der Waals surface area contributed by atoms with Crippen LogP contribution in [0, 0.1) is 0 Å². The van der Waals surface area contributed by atoms with Crippen molar-refractivity contribution < 1.29 is 24.5 Å². The number of H-pyrrole nitrogens is 1. The minimum absolute atomic E-state index is 0.127. The average Bonchev–Trinajstić information content (AvgIpc) is 3.36. The summed E-state index contributed by atoms with van der Waals surface area (Å²) >= 11 is 0. The first-order valence-electron chi connectivity index (χ1n) is 10.4. The molecule has 3 aromatic rings. The van der Waals surface area contributed by atoms with Gasteiger partial charge in [0.25, 0.3) is 0 Å². The predicted molar refractivity (Wildman–Crippen MR) is 116 cm³/mol. The van der Waals surface area contributed by atoms with Gasteiger partial charge in [-0.1, -0.05) is 39.0 Å². The van der Waals surface area contributed by atoms with Gasteiger partial charge < -0.3 is 19.9 Å². The standard InChI is InChI=1S/C14H21NO.C10H6O4/c1-2-3-4-5-6-7-10-16-14-11-12-8-9-13(14)15-12;11-5-1-2-6(12)10-8(14)4-3-7(13)9(5)10/h8-9,11,15H,2-7,10H2,1H3;1-4,11-12H. The van der Waals surface area contributed by atoms with Crippen molar-refractivity contribution >= 4 is 22.6 Å². The molecule has 0 amide bonds. The van der Waals surface area contributed by atoms with E-state index in [1.54, 1.807) is 0 Å². The number of fused-ring (bicyclic) bond motifs is 3. The van der Waals surface area contributed by atoms with Crippen molar-refractivity contribution in [3.63, 3.8) is 0 Å². The largest absolute Gasteiger partial charge is 0.507 e. The van der Waals surface area contributed by atoms with Crippen molar-refractivity contribution in [3.05, 3.63) is 53.6 Å². The maximum atomic E-state index is 11.3. The maximum absolute atomic E-state index is 11.3. The van der Waals surface area contributed by atoms with E-state index >= 15 is 0 Å². The summed E-state index contributed by atoms with van der Waals surface area (Å²) in [5, 5.41) is 18.7. The van der Waals surface area contributed by atoms with Gasteiger partial charge in [0.05, 0.1) is 23.3 Å². The van der Waals surface area contributed by atoms with Crippen LogP contribution in [0.15, 0.2) is 42.5 Å². The van der Waals surface area contributed by atoms with Crippen LogP contribution < -0.4 is 4.74 Å². The van der Waals surface area contributed by atoms with Crippen molar-refractivity contribution in [3.8, 4) is 17.2 Å². The summed E-state index contributed by atoms with van der Waals surface area (Å²) in [6, 6.07) is 8.59. The van der Waals surface area contributed by atoms with E-state index < -0.39 is 11.6 Å². The number of allylic oxidation sites excluding steroid dienone is 2. The lowest BCUT2D eigenvalue weighted by Crippen LogP contribution is -2.11. The first-order valence-corrected chi connectivity index (χ1v) is 10.4. The number of aromatic amines is 1. The Morgan fingerprint density at radius 2 is 1.43 bits per heavy atom. The number of aromatic nitrogens is 1. The second kappa shape index (κ2) is 9.96. The number of benzene rings is 2. The first kappa shape index (κ1) is 21.4. The van der Waals surface area contributed by atoms with Gasteiger partial charge in [-0.25, -0.2) is 0 Å². The Hall–Kier alpha value is -3.28. The number of aromatic hydroxyl groups is 2. The zero-order valence-corrected chi connectivity index (χ0v) is 17.1. The van der Waals surface area contributed by atoms with Gasteiger partial charge in [0.1, 0.15) is 17.2 Å². The number of phenolic OH excluding ortho intramolecular Hbond substituents is 2. The third kappa shape index (κ3) is 5.00. The minimum Gasteiger partial charge on any atom is -0.507 e. The molecule has 0 unspecified atom stereocenters. The summed E-state index contributed by atoms with van der Waals surface area (Å²) in [4.78, 5) is 25.8. The SMILES string of the molecule is CCCCCCCCOc1cc2ccc1[nH]2.O=C1C=CC(=O)c2c(O)ccc(O)c21. The number of unbranched alkanes of at least 4 members (excludes halogenated alkanes) is 5. The normalized spacial score (nSPS) is 12.7. The molecule has 1 aliphatic carbocycles. The molecule has 1 aliphatic rings. The van der Waals surface area contributed by atoms with Crippen LogP contribution in [-0.4, -0.2) is 33.4 Å². The summed E-state index contributed by atoms with van der Waals surface area (Å²) in [5.41, 5.74) is 2.03. The van der Waals surface area contributed by atoms with Crippen LogP contribution in [-0.2, 0) is 0 Å². The predicted octanol–water partition coefficient (Wildman–Crippen LogP) is 5.38. The summed E-state index contributed by atoms with van der Waals surface area (Å²) in [6.45, 7) is 3.10. The van der Waals surface area contributed by atoms with Crippen LogP contribution in [0.25, 0.3) is 11.0 Å². The Balaban J connectivity index is 0.000000172. The Morgan fingerprint density at radius 1 is 0.833 bits per heavy atom. The summed E-state index contributed by atoms with van der Waals surface area (Å²) in [6.07, 6.45) is 10.0. The van der Waals surface area contributed by atoms with Crippen LogP contribution in [0.1, 0.15) is 66.2 Å². The lowest BCUT2D eigenvalue weighted by Gasteiger charge is -2.11. The fourth-order valence-corrected chi connectivity index (χ4v) is 3.44. The molecule has 158 valence electrons. The van der Waals surface area contributed by atoms with Crippen LogP contribution in [0.3, 0.4) is 0 Å². The molecule has 2 aromatic heterocycles. The quantitative estimate of drug-likeness (QED) is 0.343. The Morgan fingerprint density at radius 3 is 1.97 bits per heavy atom. The topological polar surface area (TPSA) is 99.6 Å². The highest BCUT2D eigenvalue weighted by atomic mass is 16.5. The number of phenols is 2. The molecule has 0 fully saturated rings. The van der Waals surface area contributed by atoms with Gasteiger partial charge in [0.2, 0.25) is 0 Å². The molecule has 0 radical (unpaired) electrons. The number of hydrogen-bond acceptors (Lipinski definition) is 5. The van der Waals surface area contributed by atoms with E-state index in [4.69, 9.17) is 4.74 Å². The van der Waals surface area contributed by atoms with Gasteiger partial charge in [-0.15, -0.1) is 0 Å². The molecule has 0 spiro atoms. The van der Waals surface area contributed by atoms with Crippen molar-refractivity contribution in [1.82, 2.24) is 4.98 Å². The smallest absolute Gasteiger partial charge is 0.190 e. The number of carbonyl (C=O) groups excluding carboxylic acids is 2. The molecule has 0 atom stereocenters. The van der Waals surface area contributed by atoms with E-state index in [9.17, 15) is 19.8 Å². The van der Waals surface area contributed by atoms with E-state index in [1.807, 2.05) is 0 Å². The maximum Gasteiger partial charge on any atom is 0.190 e. The summed E-state index contributed by atoms with van der Waals surface area (Å²) in [7, 11) is 0. The minimum atomic E-state index is -0.479. The van der Waals surface area contributed by atoms with Gasteiger partial charge in [-0.05, 0) is 42.8 Å². The van der Waals surface area contributed by atoms with Crippen LogP contribution in [0.4, 0.5) is 0 Å². The number of ketones is 2. The number of hydrogen-bond donors (Lipinski definition) is 3. The number of nitrogens with one attached hydrogen (secondary N) is 1. The number of carbonyl (C=O) groups is 2. The summed E-state index contributed by atoms with van der Waals surface area (Å²) in [5.74, 6) is -0.520. The molecule has 0 saturated heterocycles. The molecular formula is C24H27NO5. The van der Waals surface area contributed by atoms with Crippen LogP contribution in [0.2, 0.25) is 0 Å². The van der Waals surface area contributed by atoms with Gasteiger partial charge >= 0.3 is 0 Å². The zero-order chi connectivity index (χ0) is 21.5. The number of rotatable bonds is 8. The lowest BCUT2D eigenvalue weighted by atomic mass is 9.93. The molecule has 1 aromatic carbocycles. The fourth-order valence-electron chi connectivity index (χ4n) is 3.44. The lowest BCUT2D eigenvalue weighted by molar-refractivity contribution is 0.0989. The molecule has 0 aliphatic heterocycles. The zero-order valence-electron chi connectivity index (χ0n) is 17.1. The van der Waals surface area contributed by atoms with E-state index in [1.165, 1.54) is 50.7 Å². The van der Waals surface area contributed by atoms with Gasteiger partial charge in [-0.3, -0.25) is 9.59 Å². The van der Waals surface area contributed by atoms with E-state index in [0.717, 1.165) is 35.5 Å². The second-order valence-corrected chi connectivity index (χ2v) is 7.37. The van der Waals surface area contributed by atoms with E-state index in [2.05, 4.69) is 30.1 Å². The number of ether oxygens (including phenoxy) is 1. The molecule has 6 nitrogen and oxygen atoms in total. The second-order valence-electron chi connectivity index (χ2n) is 7.37. The highest BCUT2D eigenvalue weighted by Crippen LogP contribution is 2.32. The molecule has 3 N–H and O–H groups in total. The van der Waals surface area contributed by atoms with Gasteiger partial charge in [-0.2, -0.15) is 0 Å². The highest BCUT2D eigenvalue weighted by Gasteiger charge is 2.25. The van der Waals surface area contributed by atoms with E-state index in [0.29, 0.717) is 0 Å². The molecule has 30 heavy (non-hydrogen) atoms. The molecule has 2 bridgehead atoms. The monoisotopic (exact) mass is 409 g/mol. The molecule has 6 heteroatoms. The van der Waals surface area contributed by atoms with E-state index in [-0.39, 0.29) is 22.6 Å². The highest BCUT2D eigenvalue weighted by molar-refractivity contribution is 6.24. The van der Waals surface area contributed by atoms with Crippen molar-refractivity contribution in [1.29, 1.82) is 0 Å². The van der Waals surface area contributed by atoms with Crippen molar-refractivity contribution in [2.75, 3.05) is 6.61 Å². The van der Waals surface area contributed by atoms with Gasteiger partial charge in [0, 0.05) is 11.6 Å². The Kier molecular flexibility index (Phi) is 7.12. The fraction of sp³-hybridized carbons (Fsp3) is 0.333. The molecule has 2 heterocycles. The Labute approximate surface area is 175 Å². The molecular weight excluding hydrogens is 382 g/mol. The van der Waals surface area contributed by atoms with Crippen molar-refractivity contribution in [2.45, 2.75) is 45.4 Å². The van der Waals surface area contributed by atoms with Crippen LogP contribution >= 0.6 is 0 Å². The molecule has 0 saturated carbocycles. The summed E-state index contributed by atoms with van der Waals surface area (Å²) < 4.78 is 5.73. The van der Waals surface area contributed by atoms with Crippen molar-refractivity contribution in [2.24, 2.45) is 0 Å². The van der Waals surface area contributed by atoms with Crippen LogP contribution in [0.5, 0.6) is 17.2 Å². The average molecular weight is 409 g/mol. The third-order valence-electron chi connectivity index (χ3n) is 5.06. The van der Waals surface area contributed by atoms with Gasteiger partial charge in [0.15, 0.2) is 11.6 Å². The first-order chi connectivity index (χ1) is 14.5. The third-order valence-corrected chi connectivity index (χ3v) is 5.06.